The van der Waals surface area contributed by atoms with Crippen LogP contribution in [-0.4, -0.2) is 22.8 Å². The molecule has 0 spiro atoms. The molecule has 1 N–H and O–H groups in total. The van der Waals surface area contributed by atoms with Crippen LogP contribution in [0, 0.1) is 11.8 Å². The molecule has 2 rings (SSSR count). The van der Waals surface area contributed by atoms with E-state index in [0.29, 0.717) is 6.61 Å². The molecule has 0 radical (unpaired) electrons. The van der Waals surface area contributed by atoms with Gasteiger partial charge in [-0.2, -0.15) is 5.10 Å². The molecule has 0 atom stereocenters. The van der Waals surface area contributed by atoms with Gasteiger partial charge in [0.25, 0.3) is 0 Å². The van der Waals surface area contributed by atoms with E-state index in [0.717, 1.165) is 16.5 Å². The quantitative estimate of drug-likeness (QED) is 0.577. The van der Waals surface area contributed by atoms with Crippen LogP contribution in [0.3, 0.4) is 0 Å². The molecule has 0 bridgehead atoms. The van der Waals surface area contributed by atoms with E-state index >= 15 is 0 Å². The first kappa shape index (κ1) is 10.2. The van der Waals surface area contributed by atoms with Crippen molar-refractivity contribution in [2.75, 3.05) is 6.61 Å². The average Bonchev–Trinajstić information content (AvgIpc) is 2.75. The van der Waals surface area contributed by atoms with E-state index in [-0.39, 0.29) is 0 Å². The number of ether oxygens (including phenoxy) is 1. The first-order valence-electron chi connectivity index (χ1n) is 4.92. The van der Waals surface area contributed by atoms with E-state index in [9.17, 15) is 4.79 Å². The first-order valence-corrected chi connectivity index (χ1v) is 4.92. The van der Waals surface area contributed by atoms with Gasteiger partial charge in [0.2, 0.25) is 0 Å². The first-order chi connectivity index (χ1) is 7.81. The molecule has 0 aliphatic rings. The van der Waals surface area contributed by atoms with Gasteiger partial charge in [-0.15, -0.1) is 0 Å². The molecule has 80 valence electrons. The van der Waals surface area contributed by atoms with E-state index in [1.54, 1.807) is 13.1 Å². The number of nitrogens with zero attached hydrogens (tertiary/aromatic N) is 1. The van der Waals surface area contributed by atoms with Crippen molar-refractivity contribution in [3.8, 4) is 11.8 Å². The number of para-hydroxylation sites is 1. The fraction of sp³-hybridized carbons (Fsp3) is 0.167. The van der Waals surface area contributed by atoms with E-state index in [1.807, 2.05) is 18.2 Å². The molecule has 1 heterocycles. The standard InChI is InChI=1S/C12H10N2O2/c1-2-16-11(15)7-6-9-4-3-5-10-8-13-14-12(9)10/h3-5,8H,2H2,1H3,(H,13,14). The number of nitrogens with one attached hydrogen (secondary N) is 1. The monoisotopic (exact) mass is 214 g/mol. The van der Waals surface area contributed by atoms with E-state index < -0.39 is 5.97 Å². The van der Waals surface area contributed by atoms with Crippen molar-refractivity contribution in [3.63, 3.8) is 0 Å². The summed E-state index contributed by atoms with van der Waals surface area (Å²) in [6, 6.07) is 5.62. The number of hydrogen-bond acceptors (Lipinski definition) is 3. The zero-order chi connectivity index (χ0) is 11.4. The largest absolute Gasteiger partial charge is 0.456 e. The van der Waals surface area contributed by atoms with Gasteiger partial charge < -0.3 is 4.74 Å². The zero-order valence-corrected chi connectivity index (χ0v) is 8.78. The molecule has 2 aromatic rings. The van der Waals surface area contributed by atoms with Gasteiger partial charge in [-0.25, -0.2) is 4.79 Å². The number of esters is 1. The molecule has 0 fully saturated rings. The highest BCUT2D eigenvalue weighted by Crippen LogP contribution is 2.13. The molecule has 4 heteroatoms. The molecular formula is C12H10N2O2. The molecule has 1 aromatic heterocycles. The van der Waals surface area contributed by atoms with Gasteiger partial charge in [0.1, 0.15) is 0 Å². The van der Waals surface area contributed by atoms with Gasteiger partial charge in [0.05, 0.1) is 23.9 Å². The van der Waals surface area contributed by atoms with Crippen molar-refractivity contribution in [1.29, 1.82) is 0 Å². The predicted molar refractivity (Wildman–Crippen MR) is 59.6 cm³/mol. The summed E-state index contributed by atoms with van der Waals surface area (Å²) in [6.07, 6.45) is 1.71. The number of carbonyl (C=O) groups is 1. The third kappa shape index (κ3) is 2.04. The normalized spacial score (nSPS) is 9.56. The fourth-order valence-corrected chi connectivity index (χ4v) is 1.36. The van der Waals surface area contributed by atoms with Crippen LogP contribution in [0.25, 0.3) is 10.9 Å². The number of fused-ring (bicyclic) bond motifs is 1. The van der Waals surface area contributed by atoms with Crippen LogP contribution in [0.15, 0.2) is 24.4 Å². The molecule has 0 amide bonds. The Hall–Kier alpha value is -2.28. The lowest BCUT2D eigenvalue weighted by Gasteiger charge is -1.93. The maximum atomic E-state index is 11.1. The third-order valence-electron chi connectivity index (χ3n) is 2.05. The molecule has 0 aliphatic carbocycles. The molecular weight excluding hydrogens is 204 g/mol. The minimum absolute atomic E-state index is 0.335. The van der Waals surface area contributed by atoms with Gasteiger partial charge in [0, 0.05) is 11.3 Å². The highest BCUT2D eigenvalue weighted by Gasteiger charge is 2.00. The summed E-state index contributed by atoms with van der Waals surface area (Å²) >= 11 is 0. The SMILES string of the molecule is CCOC(=O)C#Cc1cccc2cn[nH]c12. The van der Waals surface area contributed by atoms with Gasteiger partial charge in [-0.1, -0.05) is 18.1 Å². The zero-order valence-electron chi connectivity index (χ0n) is 8.78. The van der Waals surface area contributed by atoms with Crippen LogP contribution >= 0.6 is 0 Å². The number of aromatic nitrogens is 2. The van der Waals surface area contributed by atoms with Crippen LogP contribution in [0.5, 0.6) is 0 Å². The number of H-pyrrole nitrogens is 1. The molecule has 0 saturated heterocycles. The lowest BCUT2D eigenvalue weighted by molar-refractivity contribution is -0.136. The number of benzene rings is 1. The van der Waals surface area contributed by atoms with Crippen LogP contribution in [-0.2, 0) is 9.53 Å². The Morgan fingerprint density at radius 2 is 2.44 bits per heavy atom. The third-order valence-corrected chi connectivity index (χ3v) is 2.05. The fourth-order valence-electron chi connectivity index (χ4n) is 1.36. The summed E-state index contributed by atoms with van der Waals surface area (Å²) in [5.74, 6) is 4.67. The lowest BCUT2D eigenvalue weighted by Crippen LogP contribution is -1.99. The summed E-state index contributed by atoms with van der Waals surface area (Å²) in [6.45, 7) is 2.08. The van der Waals surface area contributed by atoms with Crippen molar-refractivity contribution in [2.24, 2.45) is 0 Å². The lowest BCUT2D eigenvalue weighted by atomic mass is 10.1. The summed E-state index contributed by atoms with van der Waals surface area (Å²) < 4.78 is 4.72. The topological polar surface area (TPSA) is 55.0 Å². The van der Waals surface area contributed by atoms with Crippen molar-refractivity contribution >= 4 is 16.9 Å². The summed E-state index contributed by atoms with van der Waals surface area (Å²) in [5.41, 5.74) is 1.57. The predicted octanol–water partition coefficient (Wildman–Crippen LogP) is 1.48. The van der Waals surface area contributed by atoms with Crippen LogP contribution in [0.4, 0.5) is 0 Å². The Kier molecular flexibility index (Phi) is 2.88. The molecule has 1 aromatic carbocycles. The second-order valence-corrected chi connectivity index (χ2v) is 3.11. The summed E-state index contributed by atoms with van der Waals surface area (Å²) in [7, 11) is 0. The highest BCUT2D eigenvalue weighted by atomic mass is 16.5. The smallest absolute Gasteiger partial charge is 0.384 e. The van der Waals surface area contributed by atoms with Gasteiger partial charge in [0.15, 0.2) is 0 Å². The maximum absolute atomic E-state index is 11.1. The molecule has 4 nitrogen and oxygen atoms in total. The molecule has 0 unspecified atom stereocenters. The number of carbonyl (C=O) groups excluding carboxylic acids is 1. The molecule has 0 saturated carbocycles. The Labute approximate surface area is 92.6 Å². The van der Waals surface area contributed by atoms with E-state index in [1.165, 1.54) is 0 Å². The van der Waals surface area contributed by atoms with E-state index in [4.69, 9.17) is 4.74 Å². The van der Waals surface area contributed by atoms with Crippen LogP contribution in [0.2, 0.25) is 0 Å². The molecule has 16 heavy (non-hydrogen) atoms. The maximum Gasteiger partial charge on any atom is 0.384 e. The van der Waals surface area contributed by atoms with Gasteiger partial charge >= 0.3 is 5.97 Å². The van der Waals surface area contributed by atoms with Crippen molar-refractivity contribution in [3.05, 3.63) is 30.0 Å². The number of rotatable bonds is 1. The second-order valence-electron chi connectivity index (χ2n) is 3.11. The Morgan fingerprint density at radius 3 is 3.25 bits per heavy atom. The highest BCUT2D eigenvalue weighted by molar-refractivity contribution is 5.91. The van der Waals surface area contributed by atoms with Crippen molar-refractivity contribution < 1.29 is 9.53 Å². The van der Waals surface area contributed by atoms with Crippen molar-refractivity contribution in [2.45, 2.75) is 6.92 Å². The number of aromatic amines is 1. The minimum Gasteiger partial charge on any atom is -0.456 e. The van der Waals surface area contributed by atoms with Crippen LogP contribution < -0.4 is 0 Å². The Balaban J connectivity index is 2.33. The summed E-state index contributed by atoms with van der Waals surface area (Å²) in [4.78, 5) is 11.1. The minimum atomic E-state index is -0.515. The van der Waals surface area contributed by atoms with Crippen LogP contribution in [0.1, 0.15) is 12.5 Å². The Morgan fingerprint density at radius 1 is 1.56 bits per heavy atom. The van der Waals surface area contributed by atoms with Crippen molar-refractivity contribution in [1.82, 2.24) is 10.2 Å². The summed E-state index contributed by atoms with van der Waals surface area (Å²) in [5, 5.41) is 7.72. The average molecular weight is 214 g/mol. The molecule has 0 aliphatic heterocycles. The van der Waals surface area contributed by atoms with Gasteiger partial charge in [-0.05, 0) is 13.0 Å². The Bertz CT molecular complexity index is 575. The van der Waals surface area contributed by atoms with Gasteiger partial charge in [-0.3, -0.25) is 5.10 Å². The van der Waals surface area contributed by atoms with E-state index in [2.05, 4.69) is 22.0 Å². The number of hydrogen-bond donors (Lipinski definition) is 1. The second kappa shape index (κ2) is 4.49.